The Morgan fingerprint density at radius 1 is 1.40 bits per heavy atom. The smallest absolute Gasteiger partial charge is 0.0947 e. The van der Waals surface area contributed by atoms with Gasteiger partial charge < -0.3 is 5.32 Å². The summed E-state index contributed by atoms with van der Waals surface area (Å²) >= 11 is 7.93. The molecule has 0 saturated heterocycles. The first-order valence-electron chi connectivity index (χ1n) is 6.63. The maximum absolute atomic E-state index is 6.22. The van der Waals surface area contributed by atoms with Crippen LogP contribution in [0.3, 0.4) is 0 Å². The normalized spacial score (nSPS) is 13.4. The standard InChI is InChI=1S/C15H20ClN3S/c1-15(2,3)13-9-20-14(19-13)7-12(17-4)10-5-6-18-8-11(10)16/h5-6,8-9,12,17H,7H2,1-4H3. The van der Waals surface area contributed by atoms with Crippen LogP contribution in [0, 0.1) is 0 Å². The van der Waals surface area contributed by atoms with Gasteiger partial charge in [0.25, 0.3) is 0 Å². The van der Waals surface area contributed by atoms with E-state index in [-0.39, 0.29) is 11.5 Å². The number of nitrogens with zero attached hydrogens (tertiary/aromatic N) is 2. The highest BCUT2D eigenvalue weighted by Crippen LogP contribution is 2.28. The van der Waals surface area contributed by atoms with E-state index >= 15 is 0 Å². The molecule has 20 heavy (non-hydrogen) atoms. The fourth-order valence-corrected chi connectivity index (χ4v) is 3.28. The number of thiazole rings is 1. The molecule has 0 spiro atoms. The lowest BCUT2D eigenvalue weighted by Gasteiger charge is -2.17. The summed E-state index contributed by atoms with van der Waals surface area (Å²) < 4.78 is 0. The molecule has 2 heterocycles. The zero-order chi connectivity index (χ0) is 14.8. The van der Waals surface area contributed by atoms with Gasteiger partial charge in [-0.3, -0.25) is 4.98 Å². The van der Waals surface area contributed by atoms with Gasteiger partial charge in [0, 0.05) is 35.7 Å². The lowest BCUT2D eigenvalue weighted by atomic mass is 9.93. The summed E-state index contributed by atoms with van der Waals surface area (Å²) in [5.41, 5.74) is 2.31. The van der Waals surface area contributed by atoms with Crippen molar-refractivity contribution in [2.45, 2.75) is 38.6 Å². The lowest BCUT2D eigenvalue weighted by molar-refractivity contribution is 0.560. The van der Waals surface area contributed by atoms with Crippen LogP contribution in [0.5, 0.6) is 0 Å². The molecule has 0 radical (unpaired) electrons. The van der Waals surface area contributed by atoms with Crippen molar-refractivity contribution in [3.63, 3.8) is 0 Å². The fourth-order valence-electron chi connectivity index (χ4n) is 1.96. The third-order valence-corrected chi connectivity index (χ3v) is 4.41. The summed E-state index contributed by atoms with van der Waals surface area (Å²) in [5, 5.41) is 7.28. The topological polar surface area (TPSA) is 37.8 Å². The number of hydrogen-bond donors (Lipinski definition) is 1. The van der Waals surface area contributed by atoms with Gasteiger partial charge in [-0.2, -0.15) is 0 Å². The molecule has 1 atom stereocenters. The highest BCUT2D eigenvalue weighted by molar-refractivity contribution is 7.09. The first-order valence-corrected chi connectivity index (χ1v) is 7.89. The monoisotopic (exact) mass is 309 g/mol. The molecule has 3 nitrogen and oxygen atoms in total. The van der Waals surface area contributed by atoms with Crippen molar-refractivity contribution in [2.24, 2.45) is 0 Å². The van der Waals surface area contributed by atoms with E-state index in [0.29, 0.717) is 5.02 Å². The average molecular weight is 310 g/mol. The van der Waals surface area contributed by atoms with Crippen molar-refractivity contribution in [2.75, 3.05) is 7.05 Å². The molecule has 5 heteroatoms. The van der Waals surface area contributed by atoms with E-state index in [1.165, 1.54) is 0 Å². The number of halogens is 1. The van der Waals surface area contributed by atoms with Crippen molar-refractivity contribution in [1.82, 2.24) is 15.3 Å². The van der Waals surface area contributed by atoms with Crippen LogP contribution in [-0.2, 0) is 11.8 Å². The van der Waals surface area contributed by atoms with Crippen LogP contribution in [0.1, 0.15) is 43.1 Å². The molecule has 108 valence electrons. The lowest BCUT2D eigenvalue weighted by Crippen LogP contribution is -2.19. The van der Waals surface area contributed by atoms with E-state index < -0.39 is 0 Å². The number of aromatic nitrogens is 2. The van der Waals surface area contributed by atoms with E-state index in [2.05, 4.69) is 36.5 Å². The molecule has 0 amide bonds. The molecule has 0 aromatic carbocycles. The Morgan fingerprint density at radius 2 is 2.15 bits per heavy atom. The largest absolute Gasteiger partial charge is 0.313 e. The summed E-state index contributed by atoms with van der Waals surface area (Å²) in [4.78, 5) is 8.78. The van der Waals surface area contributed by atoms with Gasteiger partial charge in [0.05, 0.1) is 15.7 Å². The molecule has 2 aromatic rings. The predicted molar refractivity (Wildman–Crippen MR) is 85.6 cm³/mol. The first kappa shape index (κ1) is 15.4. The molecule has 0 fully saturated rings. The Kier molecular flexibility index (Phi) is 4.78. The zero-order valence-electron chi connectivity index (χ0n) is 12.3. The third kappa shape index (κ3) is 3.57. The second kappa shape index (κ2) is 6.20. The molecule has 0 saturated carbocycles. The minimum Gasteiger partial charge on any atom is -0.313 e. The summed E-state index contributed by atoms with van der Waals surface area (Å²) in [6.07, 6.45) is 4.29. The van der Waals surface area contributed by atoms with E-state index in [9.17, 15) is 0 Å². The molecule has 0 aliphatic carbocycles. The Morgan fingerprint density at radius 3 is 2.70 bits per heavy atom. The van der Waals surface area contributed by atoms with Gasteiger partial charge in [-0.05, 0) is 18.7 Å². The van der Waals surface area contributed by atoms with Crippen LogP contribution in [-0.4, -0.2) is 17.0 Å². The number of hydrogen-bond acceptors (Lipinski definition) is 4. The van der Waals surface area contributed by atoms with Crippen LogP contribution in [0.2, 0.25) is 5.02 Å². The van der Waals surface area contributed by atoms with Crippen molar-refractivity contribution < 1.29 is 0 Å². The summed E-state index contributed by atoms with van der Waals surface area (Å²) in [6.45, 7) is 6.55. The molecule has 1 unspecified atom stereocenters. The highest BCUT2D eigenvalue weighted by Gasteiger charge is 2.20. The van der Waals surface area contributed by atoms with Crippen molar-refractivity contribution in [3.8, 4) is 0 Å². The van der Waals surface area contributed by atoms with Gasteiger partial charge in [0.1, 0.15) is 0 Å². The summed E-state index contributed by atoms with van der Waals surface area (Å²) in [5.74, 6) is 0. The number of pyridine rings is 1. The van der Waals surface area contributed by atoms with Gasteiger partial charge in [-0.1, -0.05) is 32.4 Å². The van der Waals surface area contributed by atoms with Gasteiger partial charge >= 0.3 is 0 Å². The van der Waals surface area contributed by atoms with Crippen LogP contribution in [0.15, 0.2) is 23.8 Å². The van der Waals surface area contributed by atoms with Gasteiger partial charge in [-0.15, -0.1) is 11.3 Å². The maximum atomic E-state index is 6.22. The molecule has 2 rings (SSSR count). The molecule has 0 aliphatic heterocycles. The Hall–Kier alpha value is -0.970. The minimum atomic E-state index is 0.0954. The summed E-state index contributed by atoms with van der Waals surface area (Å²) in [6, 6.07) is 2.12. The van der Waals surface area contributed by atoms with Crippen molar-refractivity contribution in [3.05, 3.63) is 45.1 Å². The van der Waals surface area contributed by atoms with E-state index in [4.69, 9.17) is 16.6 Å². The van der Waals surface area contributed by atoms with Crippen molar-refractivity contribution >= 4 is 22.9 Å². The van der Waals surface area contributed by atoms with Crippen LogP contribution < -0.4 is 5.32 Å². The highest BCUT2D eigenvalue weighted by atomic mass is 35.5. The zero-order valence-corrected chi connectivity index (χ0v) is 13.8. The number of rotatable bonds is 4. The Labute approximate surface area is 129 Å². The van der Waals surface area contributed by atoms with E-state index in [1.807, 2.05) is 13.1 Å². The van der Waals surface area contributed by atoms with E-state index in [0.717, 1.165) is 22.7 Å². The SMILES string of the molecule is CNC(Cc1nc(C(C)(C)C)cs1)c1ccncc1Cl. The Bertz CT molecular complexity index is 574. The van der Waals surface area contributed by atoms with Crippen LogP contribution in [0.25, 0.3) is 0 Å². The molecule has 0 bridgehead atoms. The summed E-state index contributed by atoms with van der Waals surface area (Å²) in [7, 11) is 1.94. The molecule has 0 aliphatic rings. The first-order chi connectivity index (χ1) is 9.41. The van der Waals surface area contributed by atoms with Crippen molar-refractivity contribution in [1.29, 1.82) is 0 Å². The maximum Gasteiger partial charge on any atom is 0.0947 e. The second-order valence-electron chi connectivity index (χ2n) is 5.82. The third-order valence-electron chi connectivity index (χ3n) is 3.23. The second-order valence-corrected chi connectivity index (χ2v) is 7.17. The van der Waals surface area contributed by atoms with Crippen LogP contribution >= 0.6 is 22.9 Å². The molecule has 1 N–H and O–H groups in total. The number of likely N-dealkylation sites (N-methyl/N-ethyl adjacent to an activating group) is 1. The van der Waals surface area contributed by atoms with Gasteiger partial charge in [0.15, 0.2) is 0 Å². The van der Waals surface area contributed by atoms with Gasteiger partial charge in [-0.25, -0.2) is 4.98 Å². The minimum absolute atomic E-state index is 0.0954. The van der Waals surface area contributed by atoms with Crippen LogP contribution in [0.4, 0.5) is 0 Å². The van der Waals surface area contributed by atoms with E-state index in [1.54, 1.807) is 23.7 Å². The molecular formula is C15H20ClN3S. The number of nitrogens with one attached hydrogen (secondary N) is 1. The fraction of sp³-hybridized carbons (Fsp3) is 0.467. The molecule has 2 aromatic heterocycles. The predicted octanol–water partition coefficient (Wildman–Crippen LogP) is 3.99. The Balaban J connectivity index is 2.19. The van der Waals surface area contributed by atoms with Gasteiger partial charge in [0.2, 0.25) is 0 Å². The average Bonchev–Trinajstić information content (AvgIpc) is 2.85. The quantitative estimate of drug-likeness (QED) is 0.928. The molecular weight excluding hydrogens is 290 g/mol.